The highest BCUT2D eigenvalue weighted by molar-refractivity contribution is 6.00. The minimum Gasteiger partial charge on any atom is -0.385 e. The van der Waals surface area contributed by atoms with Crippen LogP contribution in [0.4, 0.5) is 11.5 Å². The number of hydrogen-bond acceptors (Lipinski definition) is 5. The second-order valence-electron chi connectivity index (χ2n) is 8.11. The van der Waals surface area contributed by atoms with Crippen LogP contribution >= 0.6 is 0 Å². The quantitative estimate of drug-likeness (QED) is 0.455. The second kappa shape index (κ2) is 8.07. The Hall–Kier alpha value is -3.15. The van der Waals surface area contributed by atoms with Crippen LogP contribution in [-0.2, 0) is 5.54 Å². The van der Waals surface area contributed by atoms with Gasteiger partial charge in [-0.15, -0.1) is 0 Å². The summed E-state index contributed by atoms with van der Waals surface area (Å²) in [5, 5.41) is 11.4. The van der Waals surface area contributed by atoms with Gasteiger partial charge >= 0.3 is 0 Å². The average Bonchev–Trinajstić information content (AvgIpc) is 3.17. The summed E-state index contributed by atoms with van der Waals surface area (Å²) < 4.78 is 1.95. The topological polar surface area (TPSA) is 71.8 Å². The molecular weight excluding hydrogens is 362 g/mol. The summed E-state index contributed by atoms with van der Waals surface area (Å²) in [6.45, 7) is 5.06. The molecule has 1 atom stereocenters. The summed E-state index contributed by atoms with van der Waals surface area (Å²) in [6.07, 6.45) is 5.62. The lowest BCUT2D eigenvalue weighted by Gasteiger charge is -2.37. The molecule has 1 aromatic carbocycles. The van der Waals surface area contributed by atoms with Crippen molar-refractivity contribution in [3.8, 4) is 0 Å². The van der Waals surface area contributed by atoms with Crippen molar-refractivity contribution in [1.29, 1.82) is 0 Å². The van der Waals surface area contributed by atoms with Crippen molar-refractivity contribution in [2.24, 2.45) is 0 Å². The minimum atomic E-state index is -0.198. The van der Waals surface area contributed by atoms with Crippen molar-refractivity contribution >= 4 is 17.3 Å². The van der Waals surface area contributed by atoms with Gasteiger partial charge < -0.3 is 10.6 Å². The van der Waals surface area contributed by atoms with E-state index in [1.807, 2.05) is 59.4 Å². The van der Waals surface area contributed by atoms with E-state index in [1.54, 1.807) is 6.20 Å². The smallest absolute Gasteiger partial charge is 0.168 e. The van der Waals surface area contributed by atoms with Crippen LogP contribution < -0.4 is 10.6 Å². The van der Waals surface area contributed by atoms with Crippen molar-refractivity contribution in [1.82, 2.24) is 14.8 Å². The van der Waals surface area contributed by atoms with Crippen LogP contribution in [0.2, 0.25) is 0 Å². The molecule has 0 aliphatic carbocycles. The number of Topliss-reactive ketones (excluding diaryl/α,β-unsaturated/α-hetero) is 1. The molecule has 0 bridgehead atoms. The van der Waals surface area contributed by atoms with Gasteiger partial charge in [0, 0.05) is 24.8 Å². The molecule has 2 aromatic heterocycles. The maximum absolute atomic E-state index is 12.9. The largest absolute Gasteiger partial charge is 0.385 e. The number of nitrogens with one attached hydrogen (secondary N) is 2. The number of aromatic nitrogens is 3. The zero-order valence-electron chi connectivity index (χ0n) is 16.9. The standard InChI is InChI=1S/C23H27N5O/c1-23(2)15-20(19-11-6-7-13-25-19)27-22-18(16-26-28(22)23)21(29)12-8-14-24-17-9-4-3-5-10-17/h3-7,9-11,13,16,20,24,27H,8,12,14-15H2,1-2H3. The number of carbonyl (C=O) groups is 1. The number of rotatable bonds is 7. The Bertz CT molecular complexity index is 965. The van der Waals surface area contributed by atoms with Crippen molar-refractivity contribution in [3.63, 3.8) is 0 Å². The van der Waals surface area contributed by atoms with E-state index >= 15 is 0 Å². The zero-order chi connectivity index (χ0) is 20.3. The van der Waals surface area contributed by atoms with Crippen LogP contribution in [0.3, 0.4) is 0 Å². The van der Waals surface area contributed by atoms with Gasteiger partial charge in [0.25, 0.3) is 0 Å². The number of hydrogen-bond donors (Lipinski definition) is 2. The Kier molecular flexibility index (Phi) is 5.34. The molecule has 1 unspecified atom stereocenters. The second-order valence-corrected chi connectivity index (χ2v) is 8.11. The fraction of sp³-hybridized carbons (Fsp3) is 0.348. The number of para-hydroxylation sites is 1. The molecule has 150 valence electrons. The Labute approximate surface area is 171 Å². The summed E-state index contributed by atoms with van der Waals surface area (Å²) in [6, 6.07) is 16.0. The Morgan fingerprint density at radius 2 is 2.00 bits per heavy atom. The molecule has 6 nitrogen and oxygen atoms in total. The fourth-order valence-electron chi connectivity index (χ4n) is 3.89. The Balaban J connectivity index is 1.44. The number of pyridine rings is 1. The van der Waals surface area contributed by atoms with Gasteiger partial charge in [-0.2, -0.15) is 5.10 Å². The predicted molar refractivity (Wildman–Crippen MR) is 115 cm³/mol. The van der Waals surface area contributed by atoms with Crippen LogP contribution in [0.5, 0.6) is 0 Å². The first-order chi connectivity index (χ1) is 14.0. The fourth-order valence-corrected chi connectivity index (χ4v) is 3.89. The Morgan fingerprint density at radius 1 is 1.21 bits per heavy atom. The van der Waals surface area contributed by atoms with E-state index in [9.17, 15) is 4.79 Å². The first-order valence-electron chi connectivity index (χ1n) is 10.1. The summed E-state index contributed by atoms with van der Waals surface area (Å²) in [5.74, 6) is 0.920. The van der Waals surface area contributed by atoms with Crippen LogP contribution in [0.1, 0.15) is 55.2 Å². The molecule has 0 saturated carbocycles. The molecule has 1 aliphatic rings. The average molecular weight is 390 g/mol. The molecular formula is C23H27N5O. The molecule has 3 aromatic rings. The molecule has 0 amide bonds. The van der Waals surface area contributed by atoms with E-state index in [1.165, 1.54) is 0 Å². The third kappa shape index (κ3) is 4.16. The lowest BCUT2D eigenvalue weighted by molar-refractivity contribution is 0.0981. The number of nitrogens with zero attached hydrogens (tertiary/aromatic N) is 3. The molecule has 0 spiro atoms. The van der Waals surface area contributed by atoms with Gasteiger partial charge in [0.15, 0.2) is 5.78 Å². The number of ketones is 1. The van der Waals surface area contributed by atoms with Gasteiger partial charge in [0.05, 0.1) is 29.0 Å². The van der Waals surface area contributed by atoms with E-state index in [-0.39, 0.29) is 17.4 Å². The van der Waals surface area contributed by atoms with E-state index in [0.717, 1.165) is 36.6 Å². The van der Waals surface area contributed by atoms with Crippen LogP contribution in [0.15, 0.2) is 60.9 Å². The van der Waals surface area contributed by atoms with Gasteiger partial charge in [-0.25, -0.2) is 4.68 Å². The first-order valence-corrected chi connectivity index (χ1v) is 10.1. The number of carbonyl (C=O) groups excluding carboxylic acids is 1. The van der Waals surface area contributed by atoms with Crippen molar-refractivity contribution < 1.29 is 4.79 Å². The Morgan fingerprint density at radius 3 is 2.76 bits per heavy atom. The molecule has 4 rings (SSSR count). The van der Waals surface area contributed by atoms with Gasteiger partial charge in [0.1, 0.15) is 5.82 Å². The monoisotopic (exact) mass is 389 g/mol. The summed E-state index contributed by atoms with van der Waals surface area (Å²) in [5.41, 5.74) is 2.53. The van der Waals surface area contributed by atoms with E-state index in [4.69, 9.17) is 0 Å². The number of anilines is 2. The summed E-state index contributed by atoms with van der Waals surface area (Å²) in [7, 11) is 0. The normalized spacial score (nSPS) is 17.2. The highest BCUT2D eigenvalue weighted by Gasteiger charge is 2.36. The summed E-state index contributed by atoms with van der Waals surface area (Å²) in [4.78, 5) is 17.4. The highest BCUT2D eigenvalue weighted by Crippen LogP contribution is 2.39. The van der Waals surface area contributed by atoms with Crippen LogP contribution in [0.25, 0.3) is 0 Å². The molecule has 0 fully saturated rings. The van der Waals surface area contributed by atoms with Crippen molar-refractivity contribution in [3.05, 3.63) is 72.2 Å². The zero-order valence-corrected chi connectivity index (χ0v) is 16.9. The van der Waals surface area contributed by atoms with Gasteiger partial charge in [0.2, 0.25) is 0 Å². The molecule has 1 aliphatic heterocycles. The summed E-state index contributed by atoms with van der Waals surface area (Å²) >= 11 is 0. The molecule has 0 radical (unpaired) electrons. The third-order valence-corrected chi connectivity index (χ3v) is 5.39. The maximum Gasteiger partial charge on any atom is 0.168 e. The number of fused-ring (bicyclic) bond motifs is 1. The van der Waals surface area contributed by atoms with Crippen molar-refractivity contribution in [2.45, 2.75) is 44.7 Å². The number of benzene rings is 1. The van der Waals surface area contributed by atoms with E-state index in [2.05, 4.69) is 34.6 Å². The lowest BCUT2D eigenvalue weighted by atomic mass is 9.90. The first kappa shape index (κ1) is 19.2. The highest BCUT2D eigenvalue weighted by atomic mass is 16.1. The van der Waals surface area contributed by atoms with Crippen LogP contribution in [0, 0.1) is 0 Å². The molecule has 0 saturated heterocycles. The van der Waals surface area contributed by atoms with E-state index in [0.29, 0.717) is 12.0 Å². The van der Waals surface area contributed by atoms with Gasteiger partial charge in [-0.05, 0) is 51.0 Å². The van der Waals surface area contributed by atoms with Crippen LogP contribution in [-0.4, -0.2) is 27.1 Å². The minimum absolute atomic E-state index is 0.0571. The third-order valence-electron chi connectivity index (χ3n) is 5.39. The lowest BCUT2D eigenvalue weighted by Crippen LogP contribution is -2.38. The van der Waals surface area contributed by atoms with Gasteiger partial charge in [-0.1, -0.05) is 24.3 Å². The SMILES string of the molecule is CC1(C)CC(c2ccccn2)Nc2c(C(=O)CCCNc3ccccc3)cnn21. The van der Waals surface area contributed by atoms with Gasteiger partial charge in [-0.3, -0.25) is 9.78 Å². The molecule has 29 heavy (non-hydrogen) atoms. The molecule has 2 N–H and O–H groups in total. The predicted octanol–water partition coefficient (Wildman–Crippen LogP) is 4.65. The molecule has 3 heterocycles. The maximum atomic E-state index is 12.9. The molecule has 6 heteroatoms. The van der Waals surface area contributed by atoms with Crippen molar-refractivity contribution in [2.75, 3.05) is 17.2 Å². The van der Waals surface area contributed by atoms with E-state index < -0.39 is 0 Å².